The number of benzene rings is 1. The molecular formula is C11H5N3O2S. The number of fused-ring (bicyclic) bond motifs is 1. The predicted octanol–water partition coefficient (Wildman–Crippen LogP) is 2.12. The summed E-state index contributed by atoms with van der Waals surface area (Å²) in [4.78, 5) is 18.3. The van der Waals surface area contributed by atoms with Crippen LogP contribution in [0, 0.1) is 11.3 Å². The van der Waals surface area contributed by atoms with Gasteiger partial charge in [0.25, 0.3) is 0 Å². The monoisotopic (exact) mass is 243 g/mol. The van der Waals surface area contributed by atoms with Gasteiger partial charge in [0, 0.05) is 5.56 Å². The highest BCUT2D eigenvalue weighted by Crippen LogP contribution is 2.26. The maximum absolute atomic E-state index is 11.0. The van der Waals surface area contributed by atoms with E-state index in [-0.39, 0.29) is 0 Å². The fraction of sp³-hybridized carbons (Fsp3) is 0. The number of nitriles is 1. The Morgan fingerprint density at radius 3 is 3.18 bits per heavy atom. The fourth-order valence-electron chi connectivity index (χ4n) is 1.62. The number of nitrogens with one attached hydrogen (secondary N) is 1. The SMILES string of the molecule is N#Cc1scnc1-c1ccc2[nH]c(=O)oc2c1. The number of nitrogens with zero attached hydrogens (tertiary/aromatic N) is 2. The number of aromatic nitrogens is 2. The molecule has 2 heterocycles. The van der Waals surface area contributed by atoms with Gasteiger partial charge in [0.05, 0.1) is 16.7 Å². The molecule has 0 unspecified atom stereocenters. The van der Waals surface area contributed by atoms with Crippen molar-refractivity contribution in [2.45, 2.75) is 0 Å². The highest BCUT2D eigenvalue weighted by atomic mass is 32.1. The third-order valence-corrected chi connectivity index (χ3v) is 3.09. The van der Waals surface area contributed by atoms with E-state index in [2.05, 4.69) is 16.0 Å². The van der Waals surface area contributed by atoms with Crippen LogP contribution in [0.25, 0.3) is 22.4 Å². The number of aromatic amines is 1. The van der Waals surface area contributed by atoms with E-state index in [1.165, 1.54) is 11.3 Å². The lowest BCUT2D eigenvalue weighted by Crippen LogP contribution is -1.92. The fourth-order valence-corrected chi connectivity index (χ4v) is 2.22. The van der Waals surface area contributed by atoms with Crippen molar-refractivity contribution in [2.24, 2.45) is 0 Å². The van der Waals surface area contributed by atoms with Crippen LogP contribution in [0.15, 0.2) is 32.9 Å². The van der Waals surface area contributed by atoms with E-state index in [4.69, 9.17) is 9.68 Å². The van der Waals surface area contributed by atoms with E-state index in [9.17, 15) is 4.79 Å². The van der Waals surface area contributed by atoms with Crippen LogP contribution in [0.5, 0.6) is 0 Å². The molecule has 0 saturated carbocycles. The molecular weight excluding hydrogens is 238 g/mol. The van der Waals surface area contributed by atoms with Gasteiger partial charge in [-0.1, -0.05) is 6.07 Å². The first-order valence-corrected chi connectivity index (χ1v) is 5.63. The largest absolute Gasteiger partial charge is 0.417 e. The zero-order valence-electron chi connectivity index (χ0n) is 8.43. The zero-order valence-corrected chi connectivity index (χ0v) is 9.25. The molecule has 0 atom stereocenters. The van der Waals surface area contributed by atoms with Crippen LogP contribution in [0.1, 0.15) is 4.88 Å². The van der Waals surface area contributed by atoms with Crippen molar-refractivity contribution in [1.29, 1.82) is 5.26 Å². The van der Waals surface area contributed by atoms with Crippen molar-refractivity contribution in [3.8, 4) is 17.3 Å². The predicted molar refractivity (Wildman–Crippen MR) is 62.7 cm³/mol. The summed E-state index contributed by atoms with van der Waals surface area (Å²) in [5.41, 5.74) is 4.09. The Morgan fingerprint density at radius 1 is 1.47 bits per heavy atom. The normalized spacial score (nSPS) is 10.5. The van der Waals surface area contributed by atoms with Gasteiger partial charge >= 0.3 is 5.76 Å². The second-order valence-corrected chi connectivity index (χ2v) is 4.22. The van der Waals surface area contributed by atoms with Crippen molar-refractivity contribution in [1.82, 2.24) is 9.97 Å². The smallest absolute Gasteiger partial charge is 0.408 e. The van der Waals surface area contributed by atoms with Crippen molar-refractivity contribution in [3.05, 3.63) is 39.1 Å². The Bertz CT molecular complexity index is 791. The Balaban J connectivity index is 2.25. The van der Waals surface area contributed by atoms with Gasteiger partial charge < -0.3 is 4.42 Å². The first-order chi connectivity index (χ1) is 8.28. The van der Waals surface area contributed by atoms with Crippen LogP contribution in [0.2, 0.25) is 0 Å². The number of rotatable bonds is 1. The number of hydrogen-bond donors (Lipinski definition) is 1. The number of thiazole rings is 1. The van der Waals surface area contributed by atoms with Crippen LogP contribution >= 0.6 is 11.3 Å². The molecule has 3 rings (SSSR count). The molecule has 1 N–H and O–H groups in total. The molecule has 2 aromatic heterocycles. The Kier molecular flexibility index (Phi) is 2.06. The van der Waals surface area contributed by atoms with E-state index in [1.807, 2.05) is 0 Å². The molecule has 3 aromatic rings. The Labute approximate surface area is 99.0 Å². The van der Waals surface area contributed by atoms with Crippen molar-refractivity contribution >= 4 is 22.4 Å². The van der Waals surface area contributed by atoms with Crippen LogP contribution < -0.4 is 5.76 Å². The lowest BCUT2D eigenvalue weighted by atomic mass is 10.1. The molecule has 1 aromatic carbocycles. The summed E-state index contributed by atoms with van der Waals surface area (Å²) in [6, 6.07) is 7.31. The summed E-state index contributed by atoms with van der Waals surface area (Å²) in [6.07, 6.45) is 0. The zero-order chi connectivity index (χ0) is 11.8. The van der Waals surface area contributed by atoms with Crippen LogP contribution in [-0.4, -0.2) is 9.97 Å². The Morgan fingerprint density at radius 2 is 2.35 bits per heavy atom. The highest BCUT2D eigenvalue weighted by molar-refractivity contribution is 7.10. The van der Waals surface area contributed by atoms with E-state index >= 15 is 0 Å². The molecule has 0 aliphatic heterocycles. The molecule has 82 valence electrons. The van der Waals surface area contributed by atoms with Crippen LogP contribution in [0.4, 0.5) is 0 Å². The molecule has 0 radical (unpaired) electrons. The summed E-state index contributed by atoms with van der Waals surface area (Å²) in [5.74, 6) is -0.490. The van der Waals surface area contributed by atoms with Gasteiger partial charge in [-0.05, 0) is 12.1 Å². The third kappa shape index (κ3) is 1.53. The van der Waals surface area contributed by atoms with E-state index in [0.29, 0.717) is 21.7 Å². The molecule has 17 heavy (non-hydrogen) atoms. The van der Waals surface area contributed by atoms with Gasteiger partial charge in [0.15, 0.2) is 5.58 Å². The minimum Gasteiger partial charge on any atom is -0.408 e. The van der Waals surface area contributed by atoms with E-state index < -0.39 is 5.76 Å². The lowest BCUT2D eigenvalue weighted by molar-refractivity contribution is 0.555. The maximum atomic E-state index is 11.0. The molecule has 0 fully saturated rings. The topological polar surface area (TPSA) is 82.7 Å². The summed E-state index contributed by atoms with van der Waals surface area (Å²) >= 11 is 1.28. The standard InChI is InChI=1S/C11H5N3O2S/c12-4-9-10(13-5-17-9)6-1-2-7-8(3-6)16-11(15)14-7/h1-3,5H,(H,14,15). The van der Waals surface area contributed by atoms with Crippen molar-refractivity contribution < 1.29 is 4.42 Å². The van der Waals surface area contributed by atoms with Gasteiger partial charge in [-0.3, -0.25) is 4.98 Å². The van der Waals surface area contributed by atoms with Gasteiger partial charge in [-0.25, -0.2) is 9.78 Å². The van der Waals surface area contributed by atoms with Crippen LogP contribution in [-0.2, 0) is 0 Å². The molecule has 0 saturated heterocycles. The number of oxazole rings is 1. The van der Waals surface area contributed by atoms with Gasteiger partial charge in [0.2, 0.25) is 0 Å². The highest BCUT2D eigenvalue weighted by Gasteiger charge is 2.10. The van der Waals surface area contributed by atoms with Gasteiger partial charge in [0.1, 0.15) is 10.9 Å². The average molecular weight is 243 g/mol. The lowest BCUT2D eigenvalue weighted by Gasteiger charge is -1.96. The van der Waals surface area contributed by atoms with E-state index in [0.717, 1.165) is 5.56 Å². The molecule has 6 heteroatoms. The van der Waals surface area contributed by atoms with Crippen molar-refractivity contribution in [3.63, 3.8) is 0 Å². The summed E-state index contributed by atoms with van der Waals surface area (Å²) in [6.45, 7) is 0. The number of hydrogen-bond acceptors (Lipinski definition) is 5. The van der Waals surface area contributed by atoms with Gasteiger partial charge in [-0.15, -0.1) is 11.3 Å². The quantitative estimate of drug-likeness (QED) is 0.709. The minimum atomic E-state index is -0.490. The first kappa shape index (κ1) is 9.81. The maximum Gasteiger partial charge on any atom is 0.417 e. The Hall–Kier alpha value is -2.39. The molecule has 0 amide bonds. The molecule has 0 aliphatic carbocycles. The summed E-state index contributed by atoms with van der Waals surface area (Å²) < 4.78 is 4.96. The second-order valence-electron chi connectivity index (χ2n) is 3.37. The third-order valence-electron chi connectivity index (χ3n) is 2.36. The molecule has 0 aliphatic rings. The minimum absolute atomic E-state index is 0.462. The van der Waals surface area contributed by atoms with Gasteiger partial charge in [-0.2, -0.15) is 5.26 Å². The van der Waals surface area contributed by atoms with Crippen LogP contribution in [0.3, 0.4) is 0 Å². The second kappa shape index (κ2) is 3.57. The molecule has 5 nitrogen and oxygen atoms in total. The van der Waals surface area contributed by atoms with Crippen molar-refractivity contribution in [2.75, 3.05) is 0 Å². The van der Waals surface area contributed by atoms with E-state index in [1.54, 1.807) is 23.7 Å². The average Bonchev–Trinajstić information content (AvgIpc) is 2.91. The molecule has 0 bridgehead atoms. The summed E-state index contributed by atoms with van der Waals surface area (Å²) in [7, 11) is 0. The summed E-state index contributed by atoms with van der Waals surface area (Å²) in [5, 5.41) is 8.93. The first-order valence-electron chi connectivity index (χ1n) is 4.75. The number of H-pyrrole nitrogens is 1. The molecule has 0 spiro atoms.